The van der Waals surface area contributed by atoms with E-state index in [0.717, 1.165) is 37.5 Å². The second-order valence-electron chi connectivity index (χ2n) is 7.19. The van der Waals surface area contributed by atoms with Crippen LogP contribution in [0.2, 0.25) is 0 Å². The summed E-state index contributed by atoms with van der Waals surface area (Å²) in [5, 5.41) is 6.22. The monoisotopic (exact) mass is 392 g/mol. The fraction of sp³-hybridized carbons (Fsp3) is 0.318. The predicted molar refractivity (Wildman–Crippen MR) is 111 cm³/mol. The molecule has 0 radical (unpaired) electrons. The lowest BCUT2D eigenvalue weighted by atomic mass is 9.90. The Morgan fingerprint density at radius 2 is 2.11 bits per heavy atom. The number of carbonyl (C=O) groups excluding carboxylic acids is 1. The van der Waals surface area contributed by atoms with Gasteiger partial charge < -0.3 is 5.32 Å². The average Bonchev–Trinajstić information content (AvgIpc) is 3.28. The third-order valence-corrected chi connectivity index (χ3v) is 6.04. The van der Waals surface area contributed by atoms with Gasteiger partial charge in [-0.15, -0.1) is 11.3 Å². The normalized spacial score (nSPS) is 18.5. The van der Waals surface area contributed by atoms with Gasteiger partial charge in [0, 0.05) is 42.6 Å². The number of hydrogen-bond acceptors (Lipinski definition) is 5. The quantitative estimate of drug-likeness (QED) is 0.691. The van der Waals surface area contributed by atoms with Crippen molar-refractivity contribution in [2.24, 2.45) is 5.92 Å². The van der Waals surface area contributed by atoms with Crippen LogP contribution in [0.5, 0.6) is 0 Å². The number of carbonyl (C=O) groups is 1. The second kappa shape index (κ2) is 9.08. The maximum atomic E-state index is 12.8. The Labute approximate surface area is 169 Å². The summed E-state index contributed by atoms with van der Waals surface area (Å²) in [5.74, 6) is 0.300. The smallest absolute Gasteiger partial charge is 0.251 e. The zero-order valence-corrected chi connectivity index (χ0v) is 16.5. The van der Waals surface area contributed by atoms with E-state index < -0.39 is 0 Å². The summed E-state index contributed by atoms with van der Waals surface area (Å²) in [7, 11) is 0. The van der Waals surface area contributed by atoms with E-state index in [0.29, 0.717) is 11.5 Å². The summed E-state index contributed by atoms with van der Waals surface area (Å²) in [5.41, 5.74) is 1.91. The number of rotatable bonds is 6. The zero-order chi connectivity index (χ0) is 19.2. The molecule has 3 heterocycles. The van der Waals surface area contributed by atoms with Gasteiger partial charge in [0.05, 0.1) is 6.04 Å². The molecule has 144 valence electrons. The Morgan fingerprint density at radius 3 is 2.86 bits per heavy atom. The van der Waals surface area contributed by atoms with Crippen LogP contribution in [0.25, 0.3) is 0 Å². The molecule has 0 saturated carbocycles. The maximum Gasteiger partial charge on any atom is 0.251 e. The van der Waals surface area contributed by atoms with Crippen molar-refractivity contribution in [2.75, 3.05) is 13.1 Å². The van der Waals surface area contributed by atoms with Crippen LogP contribution in [0.3, 0.4) is 0 Å². The molecule has 5 nitrogen and oxygen atoms in total. The summed E-state index contributed by atoms with van der Waals surface area (Å²) in [6.07, 6.45) is 7.76. The van der Waals surface area contributed by atoms with Gasteiger partial charge in [-0.05, 0) is 49.1 Å². The number of likely N-dealkylation sites (tertiary alicyclic amines) is 1. The van der Waals surface area contributed by atoms with E-state index >= 15 is 0 Å². The molecule has 6 heteroatoms. The lowest BCUT2D eigenvalue weighted by Gasteiger charge is -2.36. The number of hydrogen-bond donors (Lipinski definition) is 1. The molecule has 1 N–H and O–H groups in total. The van der Waals surface area contributed by atoms with Gasteiger partial charge in [0.2, 0.25) is 0 Å². The Balaban J connectivity index is 1.49. The molecule has 1 saturated heterocycles. The van der Waals surface area contributed by atoms with Gasteiger partial charge in [-0.3, -0.25) is 14.7 Å². The molecule has 1 aliphatic heterocycles. The summed E-state index contributed by atoms with van der Waals surface area (Å²) in [4.78, 5) is 24.0. The summed E-state index contributed by atoms with van der Waals surface area (Å²) in [6, 6.07) is 13.4. The largest absolute Gasteiger partial charge is 0.342 e. The first-order valence-corrected chi connectivity index (χ1v) is 10.5. The van der Waals surface area contributed by atoms with Crippen molar-refractivity contribution in [1.82, 2.24) is 20.2 Å². The van der Waals surface area contributed by atoms with Crippen LogP contribution < -0.4 is 5.32 Å². The molecule has 1 aromatic carbocycles. The summed E-state index contributed by atoms with van der Waals surface area (Å²) < 4.78 is 0. The van der Waals surface area contributed by atoms with E-state index in [1.807, 2.05) is 54.2 Å². The van der Waals surface area contributed by atoms with E-state index in [2.05, 4.69) is 26.3 Å². The molecule has 1 fully saturated rings. The van der Waals surface area contributed by atoms with Gasteiger partial charge >= 0.3 is 0 Å². The van der Waals surface area contributed by atoms with Crippen LogP contribution in [0.1, 0.15) is 39.8 Å². The van der Waals surface area contributed by atoms with Crippen LogP contribution in [-0.4, -0.2) is 33.9 Å². The molecule has 1 aliphatic rings. The lowest BCUT2D eigenvalue weighted by molar-refractivity contribution is 0.0877. The fourth-order valence-corrected chi connectivity index (χ4v) is 4.62. The number of pyridine rings is 1. The lowest BCUT2D eigenvalue weighted by Crippen LogP contribution is -2.42. The highest BCUT2D eigenvalue weighted by atomic mass is 32.1. The van der Waals surface area contributed by atoms with E-state index in [1.165, 1.54) is 5.56 Å². The molecule has 0 bridgehead atoms. The van der Waals surface area contributed by atoms with Gasteiger partial charge in [-0.25, -0.2) is 4.98 Å². The Morgan fingerprint density at radius 1 is 1.21 bits per heavy atom. The van der Waals surface area contributed by atoms with Crippen molar-refractivity contribution < 1.29 is 4.79 Å². The number of thiazole rings is 1. The van der Waals surface area contributed by atoms with Crippen LogP contribution in [0.15, 0.2) is 66.4 Å². The third-order valence-electron chi connectivity index (χ3n) is 5.18. The molecule has 28 heavy (non-hydrogen) atoms. The van der Waals surface area contributed by atoms with Crippen molar-refractivity contribution >= 4 is 17.2 Å². The number of benzene rings is 1. The predicted octanol–water partition coefficient (Wildman–Crippen LogP) is 3.92. The number of aromatic nitrogens is 2. The Kier molecular flexibility index (Phi) is 6.09. The molecular weight excluding hydrogens is 368 g/mol. The van der Waals surface area contributed by atoms with E-state index in [1.54, 1.807) is 17.5 Å². The first-order chi connectivity index (χ1) is 13.8. The van der Waals surface area contributed by atoms with Gasteiger partial charge in [0.1, 0.15) is 5.01 Å². The van der Waals surface area contributed by atoms with Crippen molar-refractivity contribution in [3.05, 3.63) is 82.6 Å². The van der Waals surface area contributed by atoms with Crippen LogP contribution in [0, 0.1) is 5.92 Å². The molecule has 1 amide bonds. The Bertz CT molecular complexity index is 870. The number of amides is 1. The molecule has 2 atom stereocenters. The topological polar surface area (TPSA) is 58.1 Å². The van der Waals surface area contributed by atoms with E-state index in [4.69, 9.17) is 0 Å². The SMILES string of the molecule is O=C(N[C@H](c1nccs1)[C@H]1CCCN(Cc2cccnc2)C1)c1ccccc1. The summed E-state index contributed by atoms with van der Waals surface area (Å²) >= 11 is 1.61. The van der Waals surface area contributed by atoms with E-state index in [9.17, 15) is 4.79 Å². The van der Waals surface area contributed by atoms with Gasteiger partial charge in [0.25, 0.3) is 5.91 Å². The number of nitrogens with one attached hydrogen (secondary N) is 1. The maximum absolute atomic E-state index is 12.8. The summed E-state index contributed by atoms with van der Waals surface area (Å²) in [6.45, 7) is 2.90. The molecule has 0 spiro atoms. The highest BCUT2D eigenvalue weighted by Gasteiger charge is 2.31. The average molecular weight is 393 g/mol. The van der Waals surface area contributed by atoms with Gasteiger partial charge in [-0.1, -0.05) is 24.3 Å². The molecule has 0 unspecified atom stereocenters. The molecule has 3 aromatic rings. The highest BCUT2D eigenvalue weighted by molar-refractivity contribution is 7.09. The number of nitrogens with zero attached hydrogens (tertiary/aromatic N) is 3. The zero-order valence-electron chi connectivity index (χ0n) is 15.7. The fourth-order valence-electron chi connectivity index (χ4n) is 3.84. The minimum atomic E-state index is -0.0654. The standard InChI is InChI=1S/C22H24N4OS/c27-21(18-7-2-1-3-8-18)25-20(22-24-11-13-28-22)19-9-5-12-26(16-19)15-17-6-4-10-23-14-17/h1-4,6-8,10-11,13-14,19-20H,5,9,12,15-16H2,(H,25,27)/t19-,20-/m0/s1. The van der Waals surface area contributed by atoms with Crippen LogP contribution in [-0.2, 0) is 6.54 Å². The number of piperidine rings is 1. The molecule has 0 aliphatic carbocycles. The first-order valence-electron chi connectivity index (χ1n) is 9.66. The third kappa shape index (κ3) is 4.64. The molecule has 2 aromatic heterocycles. The van der Waals surface area contributed by atoms with Crippen molar-refractivity contribution in [1.29, 1.82) is 0 Å². The van der Waals surface area contributed by atoms with Crippen LogP contribution >= 0.6 is 11.3 Å². The van der Waals surface area contributed by atoms with Crippen molar-refractivity contribution in [3.8, 4) is 0 Å². The highest BCUT2D eigenvalue weighted by Crippen LogP contribution is 2.31. The van der Waals surface area contributed by atoms with Gasteiger partial charge in [-0.2, -0.15) is 0 Å². The minimum Gasteiger partial charge on any atom is -0.342 e. The van der Waals surface area contributed by atoms with Gasteiger partial charge in [0.15, 0.2) is 0 Å². The van der Waals surface area contributed by atoms with Crippen molar-refractivity contribution in [3.63, 3.8) is 0 Å². The van der Waals surface area contributed by atoms with E-state index in [-0.39, 0.29) is 11.9 Å². The minimum absolute atomic E-state index is 0.0369. The molecule has 4 rings (SSSR count). The second-order valence-corrected chi connectivity index (χ2v) is 8.11. The first kappa shape index (κ1) is 18.8. The molecular formula is C22H24N4OS. The van der Waals surface area contributed by atoms with Crippen LogP contribution in [0.4, 0.5) is 0 Å². The van der Waals surface area contributed by atoms with Crippen molar-refractivity contribution in [2.45, 2.75) is 25.4 Å². The Hall–Kier alpha value is -2.57.